The van der Waals surface area contributed by atoms with Crippen LogP contribution in [0.5, 0.6) is 0 Å². The molecule has 0 aliphatic heterocycles. The molecule has 1 heterocycles. The van der Waals surface area contributed by atoms with Crippen molar-refractivity contribution in [3.8, 4) is 0 Å². The monoisotopic (exact) mass is 252 g/mol. The Bertz CT molecular complexity index is 889. The summed E-state index contributed by atoms with van der Waals surface area (Å²) >= 11 is 6.04. The molecule has 4 rings (SSSR count). The van der Waals surface area contributed by atoms with Gasteiger partial charge in [-0.15, -0.1) is 0 Å². The number of para-hydroxylation sites is 1. The van der Waals surface area contributed by atoms with Gasteiger partial charge in [0.2, 0.25) is 0 Å². The molecule has 2 heteroatoms. The lowest BCUT2D eigenvalue weighted by Crippen LogP contribution is -1.73. The zero-order valence-electron chi connectivity index (χ0n) is 9.48. The first kappa shape index (κ1) is 9.98. The molecule has 0 fully saturated rings. The predicted molar refractivity (Wildman–Crippen MR) is 76.2 cm³/mol. The van der Waals surface area contributed by atoms with E-state index in [0.717, 1.165) is 37.7 Å². The quantitative estimate of drug-likeness (QED) is 0.409. The van der Waals surface area contributed by atoms with Crippen LogP contribution in [-0.2, 0) is 0 Å². The van der Waals surface area contributed by atoms with Crippen molar-refractivity contribution in [2.24, 2.45) is 0 Å². The van der Waals surface area contributed by atoms with E-state index in [1.165, 1.54) is 0 Å². The lowest BCUT2D eigenvalue weighted by molar-refractivity contribution is 0.669. The third-order valence-electron chi connectivity index (χ3n) is 3.30. The summed E-state index contributed by atoms with van der Waals surface area (Å²) in [7, 11) is 0. The Hall–Kier alpha value is -1.99. The van der Waals surface area contributed by atoms with Crippen molar-refractivity contribution in [3.63, 3.8) is 0 Å². The molecule has 0 bridgehead atoms. The highest BCUT2D eigenvalue weighted by Gasteiger charge is 2.07. The Morgan fingerprint density at radius 2 is 1.61 bits per heavy atom. The Morgan fingerprint density at radius 1 is 0.722 bits per heavy atom. The number of hydrogen-bond donors (Lipinski definition) is 0. The maximum absolute atomic E-state index is 6.04. The minimum Gasteiger partial charge on any atom is -0.456 e. The summed E-state index contributed by atoms with van der Waals surface area (Å²) in [6.45, 7) is 0. The summed E-state index contributed by atoms with van der Waals surface area (Å²) in [5.41, 5.74) is 1.85. The largest absolute Gasteiger partial charge is 0.456 e. The van der Waals surface area contributed by atoms with E-state index in [9.17, 15) is 0 Å². The third-order valence-corrected chi connectivity index (χ3v) is 3.53. The Morgan fingerprint density at radius 3 is 2.56 bits per heavy atom. The van der Waals surface area contributed by atoms with Gasteiger partial charge in [0.05, 0.1) is 0 Å². The first-order valence-corrected chi connectivity index (χ1v) is 6.20. The smallest absolute Gasteiger partial charge is 0.136 e. The molecule has 1 aromatic heterocycles. The second-order valence-electron chi connectivity index (χ2n) is 4.44. The number of hydrogen-bond acceptors (Lipinski definition) is 1. The highest BCUT2D eigenvalue weighted by atomic mass is 35.5. The molecule has 0 amide bonds. The lowest BCUT2D eigenvalue weighted by atomic mass is 10.1. The van der Waals surface area contributed by atoms with Gasteiger partial charge in [0.15, 0.2) is 0 Å². The van der Waals surface area contributed by atoms with Gasteiger partial charge in [0, 0.05) is 15.8 Å². The van der Waals surface area contributed by atoms with Crippen LogP contribution in [0.4, 0.5) is 0 Å². The average molecular weight is 253 g/mol. The SMILES string of the molecule is Clc1ccc2cc3oc4ccccc4c3cc2c1. The third kappa shape index (κ3) is 1.34. The van der Waals surface area contributed by atoms with Crippen molar-refractivity contribution in [1.29, 1.82) is 0 Å². The molecule has 1 nitrogen and oxygen atoms in total. The van der Waals surface area contributed by atoms with Crippen LogP contribution in [0.3, 0.4) is 0 Å². The molecule has 86 valence electrons. The summed E-state index contributed by atoms with van der Waals surface area (Å²) in [5.74, 6) is 0. The number of benzene rings is 3. The molecule has 3 aromatic carbocycles. The highest BCUT2D eigenvalue weighted by molar-refractivity contribution is 6.31. The van der Waals surface area contributed by atoms with Crippen LogP contribution in [0.15, 0.2) is 59.0 Å². The molecule has 0 spiro atoms. The van der Waals surface area contributed by atoms with Crippen LogP contribution in [-0.4, -0.2) is 0 Å². The van der Waals surface area contributed by atoms with Crippen molar-refractivity contribution >= 4 is 44.3 Å². The molecule has 0 aliphatic rings. The van der Waals surface area contributed by atoms with Crippen LogP contribution in [0.25, 0.3) is 32.7 Å². The van der Waals surface area contributed by atoms with E-state index in [0.29, 0.717) is 0 Å². The van der Waals surface area contributed by atoms with Gasteiger partial charge >= 0.3 is 0 Å². The van der Waals surface area contributed by atoms with Crippen LogP contribution < -0.4 is 0 Å². The summed E-state index contributed by atoms with van der Waals surface area (Å²) in [6, 6.07) is 18.2. The molecule has 0 radical (unpaired) electrons. The van der Waals surface area contributed by atoms with Gasteiger partial charge in [-0.1, -0.05) is 35.9 Å². The first-order chi connectivity index (χ1) is 8.81. The van der Waals surface area contributed by atoms with Gasteiger partial charge in [-0.05, 0) is 41.1 Å². The summed E-state index contributed by atoms with van der Waals surface area (Å²) in [6.07, 6.45) is 0. The zero-order chi connectivity index (χ0) is 12.1. The lowest BCUT2D eigenvalue weighted by Gasteiger charge is -1.98. The zero-order valence-corrected chi connectivity index (χ0v) is 10.2. The Labute approximate surface area is 109 Å². The summed E-state index contributed by atoms with van der Waals surface area (Å²) in [4.78, 5) is 0. The van der Waals surface area contributed by atoms with Crippen LogP contribution in [0.2, 0.25) is 5.02 Å². The molecular formula is C16H9ClO. The van der Waals surface area contributed by atoms with E-state index in [4.69, 9.17) is 16.0 Å². The maximum Gasteiger partial charge on any atom is 0.136 e. The Kier molecular flexibility index (Phi) is 1.94. The van der Waals surface area contributed by atoms with Gasteiger partial charge in [-0.25, -0.2) is 0 Å². The van der Waals surface area contributed by atoms with Gasteiger partial charge in [0.25, 0.3) is 0 Å². The first-order valence-electron chi connectivity index (χ1n) is 5.82. The van der Waals surface area contributed by atoms with Crippen molar-refractivity contribution in [2.45, 2.75) is 0 Å². The second-order valence-corrected chi connectivity index (χ2v) is 4.87. The van der Waals surface area contributed by atoms with E-state index >= 15 is 0 Å². The highest BCUT2D eigenvalue weighted by Crippen LogP contribution is 2.32. The van der Waals surface area contributed by atoms with Gasteiger partial charge < -0.3 is 4.42 Å². The molecule has 0 N–H and O–H groups in total. The molecular weight excluding hydrogens is 244 g/mol. The van der Waals surface area contributed by atoms with E-state index in [2.05, 4.69) is 18.2 Å². The van der Waals surface area contributed by atoms with E-state index in [1.807, 2.05) is 36.4 Å². The fourth-order valence-electron chi connectivity index (χ4n) is 2.44. The number of furan rings is 1. The van der Waals surface area contributed by atoms with Gasteiger partial charge in [-0.2, -0.15) is 0 Å². The van der Waals surface area contributed by atoms with Crippen LogP contribution in [0.1, 0.15) is 0 Å². The van der Waals surface area contributed by atoms with E-state index < -0.39 is 0 Å². The van der Waals surface area contributed by atoms with Crippen molar-refractivity contribution in [1.82, 2.24) is 0 Å². The number of fused-ring (bicyclic) bond motifs is 4. The molecule has 0 atom stereocenters. The Balaban J connectivity index is 2.24. The normalized spacial score (nSPS) is 11.6. The minimum atomic E-state index is 0.759. The fraction of sp³-hybridized carbons (Fsp3) is 0. The van der Waals surface area contributed by atoms with Crippen LogP contribution in [0, 0.1) is 0 Å². The molecule has 0 unspecified atom stereocenters. The molecule has 0 aliphatic carbocycles. The van der Waals surface area contributed by atoms with E-state index in [1.54, 1.807) is 0 Å². The van der Waals surface area contributed by atoms with Gasteiger partial charge in [0.1, 0.15) is 11.2 Å². The summed E-state index contributed by atoms with van der Waals surface area (Å²) in [5, 5.41) is 5.33. The van der Waals surface area contributed by atoms with E-state index in [-0.39, 0.29) is 0 Å². The molecule has 4 aromatic rings. The van der Waals surface area contributed by atoms with Gasteiger partial charge in [-0.3, -0.25) is 0 Å². The second kappa shape index (κ2) is 3.50. The topological polar surface area (TPSA) is 13.1 Å². The fourth-order valence-corrected chi connectivity index (χ4v) is 2.62. The van der Waals surface area contributed by atoms with Crippen LogP contribution >= 0.6 is 11.6 Å². The minimum absolute atomic E-state index is 0.759. The summed E-state index contributed by atoms with van der Waals surface area (Å²) < 4.78 is 5.86. The maximum atomic E-state index is 6.04. The molecule has 18 heavy (non-hydrogen) atoms. The molecule has 0 saturated carbocycles. The van der Waals surface area contributed by atoms with Crippen molar-refractivity contribution in [2.75, 3.05) is 0 Å². The number of rotatable bonds is 0. The number of halogens is 1. The standard InChI is InChI=1S/C16H9ClO/c17-12-6-5-10-9-16-14(8-11(10)7-12)13-3-1-2-4-15(13)18-16/h1-9H. The average Bonchev–Trinajstić information content (AvgIpc) is 2.74. The predicted octanol–water partition coefficient (Wildman–Crippen LogP) is 5.39. The molecule has 0 saturated heterocycles. The van der Waals surface area contributed by atoms with Crippen molar-refractivity contribution in [3.05, 3.63) is 59.6 Å². The van der Waals surface area contributed by atoms with Crippen molar-refractivity contribution < 1.29 is 4.42 Å².